The first-order chi connectivity index (χ1) is 9.45. The second kappa shape index (κ2) is 5.54. The van der Waals surface area contributed by atoms with Gasteiger partial charge in [0.15, 0.2) is 11.2 Å². The Morgan fingerprint density at radius 3 is 2.80 bits per heavy atom. The molecule has 8 heteroatoms. The minimum atomic E-state index is -0.487. The predicted octanol–water partition coefficient (Wildman–Crippen LogP) is 0.998. The molecule has 2 heterocycles. The van der Waals surface area contributed by atoms with Crippen LogP contribution in [-0.4, -0.2) is 25.6 Å². The van der Waals surface area contributed by atoms with Crippen LogP contribution in [0.5, 0.6) is 0 Å². The fourth-order valence-corrected chi connectivity index (χ4v) is 1.99. The van der Waals surface area contributed by atoms with E-state index in [9.17, 15) is 9.59 Å². The Kier molecular flexibility index (Phi) is 3.99. The van der Waals surface area contributed by atoms with Gasteiger partial charge in [-0.1, -0.05) is 17.7 Å². The largest absolute Gasteiger partial charge is 0.356 e. The van der Waals surface area contributed by atoms with E-state index in [-0.39, 0.29) is 0 Å². The van der Waals surface area contributed by atoms with Gasteiger partial charge in [-0.2, -0.15) is 4.98 Å². The van der Waals surface area contributed by atoms with Crippen LogP contribution >= 0.6 is 11.6 Å². The van der Waals surface area contributed by atoms with Crippen LogP contribution in [0.3, 0.4) is 0 Å². The molecule has 0 spiro atoms. The van der Waals surface area contributed by atoms with Crippen molar-refractivity contribution in [2.45, 2.75) is 20.4 Å². The molecule has 20 heavy (non-hydrogen) atoms. The van der Waals surface area contributed by atoms with Crippen molar-refractivity contribution in [1.82, 2.24) is 19.1 Å². The number of nitrogens with one attached hydrogen (secondary N) is 2. The van der Waals surface area contributed by atoms with Crippen LogP contribution in [-0.2, 0) is 13.6 Å². The SMILES string of the molecule is CCNc1nc2c(c(=O)[nH]c(=O)n2C)n1C/C=C(/C)Cl. The average Bonchev–Trinajstić information content (AvgIpc) is 2.73. The Bertz CT molecular complexity index is 779. The summed E-state index contributed by atoms with van der Waals surface area (Å²) < 4.78 is 3.01. The summed E-state index contributed by atoms with van der Waals surface area (Å²) in [6.45, 7) is 4.73. The maximum Gasteiger partial charge on any atom is 0.329 e. The van der Waals surface area contributed by atoms with Crippen molar-refractivity contribution < 1.29 is 0 Å². The van der Waals surface area contributed by atoms with E-state index >= 15 is 0 Å². The Balaban J connectivity index is 2.78. The molecular weight excluding hydrogens is 282 g/mol. The molecule has 2 aromatic heterocycles. The Labute approximate surface area is 119 Å². The van der Waals surface area contributed by atoms with Gasteiger partial charge in [-0.3, -0.25) is 14.3 Å². The highest BCUT2D eigenvalue weighted by molar-refractivity contribution is 6.29. The highest BCUT2D eigenvalue weighted by Gasteiger charge is 2.16. The van der Waals surface area contributed by atoms with Crippen LogP contribution in [0.1, 0.15) is 13.8 Å². The van der Waals surface area contributed by atoms with Gasteiger partial charge in [-0.25, -0.2) is 4.79 Å². The normalized spacial score (nSPS) is 12.1. The van der Waals surface area contributed by atoms with Gasteiger partial charge in [-0.05, 0) is 13.8 Å². The fraction of sp³-hybridized carbons (Fsp3) is 0.417. The molecule has 2 rings (SSSR count). The van der Waals surface area contributed by atoms with Crippen LogP contribution in [0, 0.1) is 0 Å². The number of hydrogen-bond donors (Lipinski definition) is 2. The zero-order valence-corrected chi connectivity index (χ0v) is 12.3. The lowest BCUT2D eigenvalue weighted by molar-refractivity contribution is 0.817. The van der Waals surface area contributed by atoms with E-state index in [2.05, 4.69) is 15.3 Å². The first kappa shape index (κ1) is 14.4. The van der Waals surface area contributed by atoms with Gasteiger partial charge in [0.25, 0.3) is 5.56 Å². The van der Waals surface area contributed by atoms with Crippen molar-refractivity contribution in [3.8, 4) is 0 Å². The smallest absolute Gasteiger partial charge is 0.329 e. The number of aromatic nitrogens is 4. The summed E-state index contributed by atoms with van der Waals surface area (Å²) in [7, 11) is 1.57. The molecule has 0 fully saturated rings. The van der Waals surface area contributed by atoms with Gasteiger partial charge in [0.05, 0.1) is 0 Å². The Morgan fingerprint density at radius 1 is 1.50 bits per heavy atom. The average molecular weight is 298 g/mol. The number of anilines is 1. The summed E-state index contributed by atoms with van der Waals surface area (Å²) in [6.07, 6.45) is 1.77. The van der Waals surface area contributed by atoms with Crippen molar-refractivity contribution in [3.05, 3.63) is 31.9 Å². The second-order valence-corrected chi connectivity index (χ2v) is 4.95. The van der Waals surface area contributed by atoms with Crippen LogP contribution < -0.4 is 16.6 Å². The number of fused-ring (bicyclic) bond motifs is 1. The van der Waals surface area contributed by atoms with Crippen LogP contribution in [0.2, 0.25) is 0 Å². The van der Waals surface area contributed by atoms with Gasteiger partial charge in [-0.15, -0.1) is 0 Å². The second-order valence-electron chi connectivity index (χ2n) is 4.36. The number of nitrogens with zero attached hydrogens (tertiary/aromatic N) is 3. The molecule has 0 saturated carbocycles. The molecule has 0 aliphatic heterocycles. The molecule has 0 aliphatic rings. The van der Waals surface area contributed by atoms with E-state index in [1.165, 1.54) is 4.57 Å². The van der Waals surface area contributed by atoms with E-state index < -0.39 is 11.2 Å². The quantitative estimate of drug-likeness (QED) is 0.881. The summed E-state index contributed by atoms with van der Waals surface area (Å²) in [5.74, 6) is 0.531. The van der Waals surface area contributed by atoms with Crippen molar-refractivity contribution in [3.63, 3.8) is 0 Å². The molecule has 0 bridgehead atoms. The molecule has 0 unspecified atom stereocenters. The number of hydrogen-bond acceptors (Lipinski definition) is 4. The zero-order chi connectivity index (χ0) is 14.9. The van der Waals surface area contributed by atoms with Crippen LogP contribution in [0.15, 0.2) is 20.7 Å². The number of allylic oxidation sites excluding steroid dienone is 2. The minimum absolute atomic E-state index is 0.343. The Hall–Kier alpha value is -2.02. The minimum Gasteiger partial charge on any atom is -0.356 e. The van der Waals surface area contributed by atoms with Gasteiger partial charge in [0.1, 0.15) is 0 Å². The third kappa shape index (κ3) is 2.49. The van der Waals surface area contributed by atoms with Crippen molar-refractivity contribution in [1.29, 1.82) is 0 Å². The molecule has 7 nitrogen and oxygen atoms in total. The number of halogens is 1. The maximum absolute atomic E-state index is 12.0. The molecule has 0 saturated heterocycles. The molecule has 0 atom stereocenters. The highest BCUT2D eigenvalue weighted by Crippen LogP contribution is 2.15. The van der Waals surface area contributed by atoms with Crippen molar-refractivity contribution in [2.24, 2.45) is 7.05 Å². The first-order valence-corrected chi connectivity index (χ1v) is 6.59. The van der Waals surface area contributed by atoms with Crippen LogP contribution in [0.4, 0.5) is 5.95 Å². The lowest BCUT2D eigenvalue weighted by Gasteiger charge is -2.06. The van der Waals surface area contributed by atoms with Crippen molar-refractivity contribution >= 4 is 28.7 Å². The summed E-state index contributed by atoms with van der Waals surface area (Å²) in [5, 5.41) is 3.70. The van der Waals surface area contributed by atoms with E-state index in [0.29, 0.717) is 35.2 Å². The van der Waals surface area contributed by atoms with E-state index in [0.717, 1.165) is 0 Å². The number of aromatic amines is 1. The summed E-state index contributed by atoms with van der Waals surface area (Å²) in [5.41, 5.74) is -0.257. The topological polar surface area (TPSA) is 84.7 Å². The number of rotatable bonds is 4. The van der Waals surface area contributed by atoms with Crippen LogP contribution in [0.25, 0.3) is 11.2 Å². The van der Waals surface area contributed by atoms with Gasteiger partial charge < -0.3 is 9.88 Å². The molecule has 108 valence electrons. The number of aryl methyl sites for hydroxylation is 1. The first-order valence-electron chi connectivity index (χ1n) is 6.21. The maximum atomic E-state index is 12.0. The molecule has 2 N–H and O–H groups in total. The lowest BCUT2D eigenvalue weighted by atomic mass is 10.4. The Morgan fingerprint density at radius 2 is 2.20 bits per heavy atom. The molecular formula is C12H16ClN5O2. The molecule has 0 radical (unpaired) electrons. The van der Waals surface area contributed by atoms with E-state index in [1.807, 2.05) is 6.92 Å². The van der Waals surface area contributed by atoms with Gasteiger partial charge in [0, 0.05) is 25.2 Å². The van der Waals surface area contributed by atoms with Gasteiger partial charge in [0.2, 0.25) is 5.95 Å². The standard InChI is InChI=1S/C12H16ClN5O2/c1-4-14-11-15-9-8(18(11)6-5-7(2)13)10(19)16-12(20)17(9)3/h5H,4,6H2,1-3H3,(H,14,15)(H,16,19,20)/b7-5-. The lowest BCUT2D eigenvalue weighted by Crippen LogP contribution is -2.29. The third-order valence-electron chi connectivity index (χ3n) is 2.90. The number of imidazole rings is 1. The van der Waals surface area contributed by atoms with Gasteiger partial charge >= 0.3 is 5.69 Å². The third-order valence-corrected chi connectivity index (χ3v) is 3.05. The monoisotopic (exact) mass is 297 g/mol. The highest BCUT2D eigenvalue weighted by atomic mass is 35.5. The summed E-state index contributed by atoms with van der Waals surface area (Å²) >= 11 is 5.84. The van der Waals surface area contributed by atoms with E-state index in [1.54, 1.807) is 24.6 Å². The predicted molar refractivity (Wildman–Crippen MR) is 79.4 cm³/mol. The molecule has 0 aliphatic carbocycles. The van der Waals surface area contributed by atoms with E-state index in [4.69, 9.17) is 11.6 Å². The van der Waals surface area contributed by atoms with Crippen molar-refractivity contribution in [2.75, 3.05) is 11.9 Å². The molecule has 0 aromatic carbocycles. The molecule has 0 amide bonds. The summed E-state index contributed by atoms with van der Waals surface area (Å²) in [4.78, 5) is 30.2. The molecule has 2 aromatic rings. The number of H-pyrrole nitrogens is 1. The zero-order valence-electron chi connectivity index (χ0n) is 11.5. The fourth-order valence-electron chi connectivity index (χ4n) is 1.92. The summed E-state index contributed by atoms with van der Waals surface area (Å²) in [6, 6.07) is 0.